The summed E-state index contributed by atoms with van der Waals surface area (Å²) in [4.78, 5) is 36.3. The maximum Gasteiger partial charge on any atom is 0.330 e. The van der Waals surface area contributed by atoms with Crippen molar-refractivity contribution >= 4 is 17.9 Å². The van der Waals surface area contributed by atoms with Gasteiger partial charge in [0.1, 0.15) is 12.2 Å². The van der Waals surface area contributed by atoms with Crippen LogP contribution < -0.4 is 0 Å². The third-order valence-corrected chi connectivity index (χ3v) is 11.4. The number of hydrogen-bond acceptors (Lipinski definition) is 6. The molecule has 0 aromatic heterocycles. The first-order valence-corrected chi connectivity index (χ1v) is 14.3. The van der Waals surface area contributed by atoms with Gasteiger partial charge < -0.3 is 14.2 Å². The minimum Gasteiger partial charge on any atom is -0.469 e. The highest BCUT2D eigenvalue weighted by molar-refractivity contribution is 5.81. The number of hydrogen-bond donors (Lipinski definition) is 0. The smallest absolute Gasteiger partial charge is 0.330 e. The first kappa shape index (κ1) is 27.9. The highest BCUT2D eigenvalue weighted by Crippen LogP contribution is 2.69. The van der Waals surface area contributed by atoms with Crippen molar-refractivity contribution < 1.29 is 28.6 Å². The summed E-state index contributed by atoms with van der Waals surface area (Å²) in [5.41, 5.74) is 0.0318. The summed E-state index contributed by atoms with van der Waals surface area (Å²) in [5, 5.41) is 0. The van der Waals surface area contributed by atoms with Gasteiger partial charge in [-0.2, -0.15) is 0 Å². The Morgan fingerprint density at radius 3 is 2.32 bits per heavy atom. The average molecular weight is 515 g/mol. The predicted octanol–water partition coefficient (Wildman–Crippen LogP) is 6.04. The van der Waals surface area contributed by atoms with Crippen molar-refractivity contribution in [2.24, 2.45) is 46.3 Å². The molecule has 0 aliphatic heterocycles. The summed E-state index contributed by atoms with van der Waals surface area (Å²) >= 11 is 0. The lowest BCUT2D eigenvalue weighted by atomic mass is 9.43. The fourth-order valence-corrected chi connectivity index (χ4v) is 9.45. The van der Waals surface area contributed by atoms with E-state index < -0.39 is 0 Å². The number of carbonyl (C=O) groups is 3. The van der Waals surface area contributed by atoms with Crippen LogP contribution in [0, 0.1) is 46.3 Å². The predicted molar refractivity (Wildman–Crippen MR) is 141 cm³/mol. The maximum absolute atomic E-state index is 12.6. The first-order valence-electron chi connectivity index (χ1n) is 14.3. The molecule has 0 heterocycles. The normalized spacial score (nSPS) is 41.2. The highest BCUT2D eigenvalue weighted by atomic mass is 16.5. The third-order valence-electron chi connectivity index (χ3n) is 11.4. The van der Waals surface area contributed by atoms with Gasteiger partial charge in [0.05, 0.1) is 7.11 Å². The zero-order chi connectivity index (χ0) is 27.0. The molecule has 10 unspecified atom stereocenters. The lowest BCUT2D eigenvalue weighted by Gasteiger charge is -2.62. The van der Waals surface area contributed by atoms with Crippen LogP contribution in [0.5, 0.6) is 0 Å². The molecule has 6 heteroatoms. The zero-order valence-corrected chi connectivity index (χ0v) is 23.2. The van der Waals surface area contributed by atoms with Gasteiger partial charge in [-0.25, -0.2) is 9.59 Å². The molecule has 4 rings (SSSR count). The van der Waals surface area contributed by atoms with Crippen LogP contribution in [0.2, 0.25) is 0 Å². The maximum atomic E-state index is 12.6. The largest absolute Gasteiger partial charge is 0.469 e. The van der Waals surface area contributed by atoms with E-state index >= 15 is 0 Å². The summed E-state index contributed by atoms with van der Waals surface area (Å²) in [6.45, 7) is 14.3. The highest BCUT2D eigenvalue weighted by Gasteiger charge is 2.65. The first-order chi connectivity index (χ1) is 17.6. The van der Waals surface area contributed by atoms with Crippen LogP contribution >= 0.6 is 0 Å². The van der Waals surface area contributed by atoms with Crippen molar-refractivity contribution in [3.05, 3.63) is 25.3 Å². The van der Waals surface area contributed by atoms with Crippen LogP contribution in [-0.2, 0) is 28.6 Å². The van der Waals surface area contributed by atoms with Crippen LogP contribution in [0.3, 0.4) is 0 Å². The molecule has 0 aromatic rings. The summed E-state index contributed by atoms with van der Waals surface area (Å²) in [5.74, 6) is 1.99. The molecule has 4 aliphatic rings. The number of carbonyl (C=O) groups excluding carboxylic acids is 3. The van der Waals surface area contributed by atoms with Crippen molar-refractivity contribution in [2.75, 3.05) is 7.11 Å². The van der Waals surface area contributed by atoms with Crippen LogP contribution in [0.1, 0.15) is 85.0 Å². The second kappa shape index (κ2) is 10.9. The van der Waals surface area contributed by atoms with Gasteiger partial charge in [-0.3, -0.25) is 4.79 Å². The second-order valence-corrected chi connectivity index (χ2v) is 12.7. The van der Waals surface area contributed by atoms with Crippen LogP contribution in [0.15, 0.2) is 25.3 Å². The summed E-state index contributed by atoms with van der Waals surface area (Å²) in [7, 11) is 1.44. The topological polar surface area (TPSA) is 78.9 Å². The van der Waals surface area contributed by atoms with E-state index in [9.17, 15) is 14.4 Å². The summed E-state index contributed by atoms with van der Waals surface area (Å²) in [6, 6.07) is 0. The van der Waals surface area contributed by atoms with Gasteiger partial charge in [-0.1, -0.05) is 33.9 Å². The van der Waals surface area contributed by atoms with Crippen LogP contribution in [-0.4, -0.2) is 37.2 Å². The van der Waals surface area contributed by atoms with Gasteiger partial charge in [-0.15, -0.1) is 0 Å². The molecule has 0 bridgehead atoms. The fourth-order valence-electron chi connectivity index (χ4n) is 9.45. The van der Waals surface area contributed by atoms with E-state index in [1.54, 1.807) is 0 Å². The van der Waals surface area contributed by atoms with Gasteiger partial charge in [0.15, 0.2) is 0 Å². The Bertz CT molecular complexity index is 911. The third kappa shape index (κ3) is 5.02. The lowest BCUT2D eigenvalue weighted by molar-refractivity contribution is -0.196. The van der Waals surface area contributed by atoms with Crippen molar-refractivity contribution in [3.8, 4) is 0 Å². The molecule has 6 nitrogen and oxygen atoms in total. The summed E-state index contributed by atoms with van der Waals surface area (Å²) in [6.07, 6.45) is 11.9. The molecule has 10 atom stereocenters. The molecule has 0 spiro atoms. The Morgan fingerprint density at radius 2 is 1.65 bits per heavy atom. The molecule has 0 amide bonds. The number of ether oxygens (including phenoxy) is 3. The number of methoxy groups -OCH3 is 1. The standard InChI is InChI=1S/C31H46O6/c1-7-27(32)36-21-15-16-30(4)20(17-21)10-11-22-24-13-12-23(19(3)9-14-29(34)35-6)31(24,5)26(18-25(22)30)37-28(33)8-2/h7-8,19-26H,1-2,9-18H2,3-6H3. The Morgan fingerprint density at radius 1 is 0.946 bits per heavy atom. The van der Waals surface area contributed by atoms with E-state index in [-0.39, 0.29) is 40.9 Å². The second-order valence-electron chi connectivity index (χ2n) is 12.7. The van der Waals surface area contributed by atoms with Gasteiger partial charge >= 0.3 is 17.9 Å². The molecular weight excluding hydrogens is 468 g/mol. The van der Waals surface area contributed by atoms with Crippen LogP contribution in [0.25, 0.3) is 0 Å². The van der Waals surface area contributed by atoms with E-state index in [0.717, 1.165) is 51.4 Å². The van der Waals surface area contributed by atoms with Crippen LogP contribution in [0.4, 0.5) is 0 Å². The molecule has 37 heavy (non-hydrogen) atoms. The fraction of sp³-hybridized carbons (Fsp3) is 0.774. The number of esters is 3. The molecule has 0 radical (unpaired) electrons. The zero-order valence-electron chi connectivity index (χ0n) is 23.2. The summed E-state index contributed by atoms with van der Waals surface area (Å²) < 4.78 is 16.8. The molecule has 206 valence electrons. The van der Waals surface area contributed by atoms with Gasteiger partial charge in [0, 0.05) is 24.0 Å². The van der Waals surface area contributed by atoms with Crippen molar-refractivity contribution in [3.63, 3.8) is 0 Å². The quantitative estimate of drug-likeness (QED) is 0.223. The Hall–Kier alpha value is -2.11. The van der Waals surface area contributed by atoms with Gasteiger partial charge in [-0.05, 0) is 98.7 Å². The lowest BCUT2D eigenvalue weighted by Crippen LogP contribution is -2.59. The van der Waals surface area contributed by atoms with Crippen molar-refractivity contribution in [1.29, 1.82) is 0 Å². The molecule has 0 saturated heterocycles. The van der Waals surface area contributed by atoms with E-state index in [2.05, 4.69) is 33.9 Å². The molecular formula is C31H46O6. The molecule has 4 saturated carbocycles. The average Bonchev–Trinajstić information content (AvgIpc) is 3.25. The minimum atomic E-state index is -0.339. The molecule has 0 aromatic carbocycles. The Labute approximate surface area is 222 Å². The van der Waals surface area contributed by atoms with E-state index in [1.807, 2.05) is 0 Å². The van der Waals surface area contributed by atoms with Crippen molar-refractivity contribution in [1.82, 2.24) is 0 Å². The number of rotatable bonds is 8. The van der Waals surface area contributed by atoms with E-state index in [4.69, 9.17) is 14.2 Å². The van der Waals surface area contributed by atoms with E-state index in [1.165, 1.54) is 25.7 Å². The van der Waals surface area contributed by atoms with Crippen molar-refractivity contribution in [2.45, 2.75) is 97.2 Å². The number of fused-ring (bicyclic) bond motifs is 5. The SMILES string of the molecule is C=CC(=O)OC1CCC2(C)C(CCC3C2CC(OC(=O)C=C)C2(C)C(C(C)CCC(=O)OC)CCC32)C1. The minimum absolute atomic E-state index is 0.0325. The molecule has 4 fully saturated rings. The van der Waals surface area contributed by atoms with Gasteiger partial charge in [0.25, 0.3) is 0 Å². The monoisotopic (exact) mass is 514 g/mol. The molecule has 0 N–H and O–H groups in total. The van der Waals surface area contributed by atoms with Gasteiger partial charge in [0.2, 0.25) is 0 Å². The van der Waals surface area contributed by atoms with E-state index in [0.29, 0.717) is 41.9 Å². The molecule has 4 aliphatic carbocycles. The Balaban J connectivity index is 1.59. The Kier molecular flexibility index (Phi) is 8.25.